The molecule has 0 saturated heterocycles. The number of aryl methyl sites for hydroxylation is 1. The van der Waals surface area contributed by atoms with Crippen molar-refractivity contribution in [2.75, 3.05) is 20.1 Å². The highest BCUT2D eigenvalue weighted by atomic mass is 16.5. The molecule has 4 rings (SSSR count). The average Bonchev–Trinajstić information content (AvgIpc) is 2.98. The molecule has 1 atom stereocenters. The number of nitrogens with zero attached hydrogens (tertiary/aromatic N) is 1. The molecule has 0 saturated carbocycles. The predicted octanol–water partition coefficient (Wildman–Crippen LogP) is 7.58. The van der Waals surface area contributed by atoms with Gasteiger partial charge in [0.15, 0.2) is 0 Å². The van der Waals surface area contributed by atoms with Gasteiger partial charge in [-0.25, -0.2) is 0 Å². The van der Waals surface area contributed by atoms with Gasteiger partial charge >= 0.3 is 0 Å². The van der Waals surface area contributed by atoms with Crippen molar-refractivity contribution in [1.82, 2.24) is 4.90 Å². The number of fused-ring (bicyclic) bond motifs is 2. The molecule has 2 aromatic carbocycles. The Morgan fingerprint density at radius 1 is 0.941 bits per heavy atom. The fraction of sp³-hybridized carbons (Fsp3) is 0.375. The van der Waals surface area contributed by atoms with Crippen LogP contribution in [0.5, 0.6) is 0 Å². The van der Waals surface area contributed by atoms with Crippen LogP contribution in [0.15, 0.2) is 84.5 Å². The van der Waals surface area contributed by atoms with Gasteiger partial charge in [-0.2, -0.15) is 0 Å². The first-order valence-corrected chi connectivity index (χ1v) is 12.7. The number of hydrogen-bond acceptors (Lipinski definition) is 2. The van der Waals surface area contributed by atoms with Crippen LogP contribution in [0.3, 0.4) is 0 Å². The molecule has 0 fully saturated rings. The number of rotatable bonds is 8. The minimum absolute atomic E-state index is 0.00107. The lowest BCUT2D eigenvalue weighted by atomic mass is 9.86. The molecular formula is C32H39NO. The SMILES string of the molecule is CN(CCC=C1OC2C=CC=CC2=Cc2ccccc21)CCCCc1ccc(C(C)(C)C)cc1. The second-order valence-electron chi connectivity index (χ2n) is 10.6. The first-order valence-electron chi connectivity index (χ1n) is 12.7. The Kier molecular flexibility index (Phi) is 7.90. The topological polar surface area (TPSA) is 12.5 Å². The van der Waals surface area contributed by atoms with Crippen LogP contribution in [0, 0.1) is 0 Å². The molecule has 2 heteroatoms. The van der Waals surface area contributed by atoms with E-state index in [0.717, 1.165) is 31.7 Å². The van der Waals surface area contributed by atoms with E-state index in [9.17, 15) is 0 Å². The van der Waals surface area contributed by atoms with Gasteiger partial charge in [-0.05, 0) is 85.2 Å². The molecule has 1 aliphatic carbocycles. The van der Waals surface area contributed by atoms with Gasteiger partial charge in [0.25, 0.3) is 0 Å². The maximum Gasteiger partial charge on any atom is 0.142 e. The van der Waals surface area contributed by atoms with Gasteiger partial charge in [0, 0.05) is 12.1 Å². The lowest BCUT2D eigenvalue weighted by Gasteiger charge is -2.20. The third kappa shape index (κ3) is 6.39. The summed E-state index contributed by atoms with van der Waals surface area (Å²) in [6.07, 6.45) is 17.6. The summed E-state index contributed by atoms with van der Waals surface area (Å²) in [5, 5.41) is 0. The Bertz CT molecular complexity index is 1080. The fourth-order valence-electron chi connectivity index (χ4n) is 4.57. The van der Waals surface area contributed by atoms with Gasteiger partial charge in [0.05, 0.1) is 0 Å². The Morgan fingerprint density at radius 3 is 2.53 bits per heavy atom. The van der Waals surface area contributed by atoms with E-state index < -0.39 is 0 Å². The summed E-state index contributed by atoms with van der Waals surface area (Å²) in [6, 6.07) is 17.7. The molecule has 178 valence electrons. The monoisotopic (exact) mass is 453 g/mol. The third-order valence-electron chi connectivity index (χ3n) is 6.73. The molecule has 2 aromatic rings. The van der Waals surface area contributed by atoms with E-state index in [2.05, 4.69) is 118 Å². The van der Waals surface area contributed by atoms with Gasteiger partial charge in [0.1, 0.15) is 11.9 Å². The quantitative estimate of drug-likeness (QED) is 0.382. The second kappa shape index (κ2) is 11.1. The van der Waals surface area contributed by atoms with E-state index >= 15 is 0 Å². The first kappa shape index (κ1) is 24.3. The lowest BCUT2D eigenvalue weighted by Crippen LogP contribution is -2.20. The molecule has 0 aromatic heterocycles. The van der Waals surface area contributed by atoms with Crippen molar-refractivity contribution in [1.29, 1.82) is 0 Å². The highest BCUT2D eigenvalue weighted by Gasteiger charge is 2.21. The zero-order valence-electron chi connectivity index (χ0n) is 21.3. The van der Waals surface area contributed by atoms with Crippen molar-refractivity contribution in [3.05, 3.63) is 107 Å². The average molecular weight is 454 g/mol. The number of allylic oxidation sites excluding steroid dienone is 2. The summed E-state index contributed by atoms with van der Waals surface area (Å²) >= 11 is 0. The van der Waals surface area contributed by atoms with Gasteiger partial charge in [-0.15, -0.1) is 0 Å². The van der Waals surface area contributed by atoms with Gasteiger partial charge in [-0.3, -0.25) is 0 Å². The van der Waals surface area contributed by atoms with Gasteiger partial charge in [-0.1, -0.05) is 87.5 Å². The molecule has 0 amide bonds. The van der Waals surface area contributed by atoms with E-state index in [-0.39, 0.29) is 11.5 Å². The maximum absolute atomic E-state index is 6.44. The van der Waals surface area contributed by atoms with Crippen molar-refractivity contribution in [2.24, 2.45) is 0 Å². The fourth-order valence-corrected chi connectivity index (χ4v) is 4.57. The predicted molar refractivity (Wildman–Crippen MR) is 146 cm³/mol. The zero-order chi connectivity index (χ0) is 24.0. The van der Waals surface area contributed by atoms with Crippen LogP contribution in [0.1, 0.15) is 62.3 Å². The molecule has 0 N–H and O–H groups in total. The summed E-state index contributed by atoms with van der Waals surface area (Å²) in [7, 11) is 2.23. The van der Waals surface area contributed by atoms with Gasteiger partial charge in [0.2, 0.25) is 0 Å². The Hall–Kier alpha value is -2.84. The Balaban J connectivity index is 1.25. The summed E-state index contributed by atoms with van der Waals surface area (Å²) in [5.41, 5.74) is 6.71. The smallest absolute Gasteiger partial charge is 0.142 e. The summed E-state index contributed by atoms with van der Waals surface area (Å²) in [5.74, 6) is 0.999. The van der Waals surface area contributed by atoms with Gasteiger partial charge < -0.3 is 9.64 Å². The molecule has 0 spiro atoms. The first-order chi connectivity index (χ1) is 16.4. The largest absolute Gasteiger partial charge is 0.481 e. The van der Waals surface area contributed by atoms with Crippen LogP contribution in [0.4, 0.5) is 0 Å². The summed E-state index contributed by atoms with van der Waals surface area (Å²) in [4.78, 5) is 2.44. The summed E-state index contributed by atoms with van der Waals surface area (Å²) in [6.45, 7) is 8.98. The van der Waals surface area contributed by atoms with Crippen LogP contribution in [0.2, 0.25) is 0 Å². The Morgan fingerprint density at radius 2 is 1.74 bits per heavy atom. The number of benzene rings is 2. The lowest BCUT2D eigenvalue weighted by molar-refractivity contribution is 0.247. The number of hydrogen-bond donors (Lipinski definition) is 0. The van der Waals surface area contributed by atoms with E-state index in [0.29, 0.717) is 0 Å². The minimum Gasteiger partial charge on any atom is -0.481 e. The highest BCUT2D eigenvalue weighted by Crippen LogP contribution is 2.32. The van der Waals surface area contributed by atoms with Crippen molar-refractivity contribution < 1.29 is 4.74 Å². The standard InChI is InChI=1S/C32H39NO/c1-32(2,3)28-20-18-25(19-21-28)12-9-10-22-33(4)23-11-17-31-29-15-7-5-13-26(29)24-27-14-6-8-16-30(27)34-31/h5-8,13-21,24,30H,9-12,22-23H2,1-4H3. The normalized spacial score (nSPS) is 18.3. The third-order valence-corrected chi connectivity index (χ3v) is 6.73. The van der Waals surface area contributed by atoms with Crippen LogP contribution in [-0.4, -0.2) is 31.1 Å². The van der Waals surface area contributed by atoms with Crippen LogP contribution in [-0.2, 0) is 16.6 Å². The molecule has 0 radical (unpaired) electrons. The Labute approximate surface area is 206 Å². The highest BCUT2D eigenvalue weighted by molar-refractivity contribution is 5.75. The molecule has 1 unspecified atom stereocenters. The molecular weight excluding hydrogens is 414 g/mol. The second-order valence-corrected chi connectivity index (χ2v) is 10.6. The molecule has 0 bridgehead atoms. The van der Waals surface area contributed by atoms with E-state index in [1.165, 1.54) is 40.7 Å². The minimum atomic E-state index is -0.00107. The molecule has 34 heavy (non-hydrogen) atoms. The van der Waals surface area contributed by atoms with E-state index in [1.807, 2.05) is 0 Å². The summed E-state index contributed by atoms with van der Waals surface area (Å²) < 4.78 is 6.44. The van der Waals surface area contributed by atoms with Crippen molar-refractivity contribution in [2.45, 2.75) is 58.0 Å². The molecule has 1 heterocycles. The van der Waals surface area contributed by atoms with Crippen LogP contribution in [0.25, 0.3) is 11.8 Å². The maximum atomic E-state index is 6.44. The van der Waals surface area contributed by atoms with E-state index in [4.69, 9.17) is 4.74 Å². The van der Waals surface area contributed by atoms with E-state index in [1.54, 1.807) is 0 Å². The molecule has 1 aliphatic heterocycles. The van der Waals surface area contributed by atoms with Crippen molar-refractivity contribution in [3.63, 3.8) is 0 Å². The molecule has 2 nitrogen and oxygen atoms in total. The van der Waals surface area contributed by atoms with Crippen molar-refractivity contribution >= 4 is 11.8 Å². The number of ether oxygens (including phenoxy) is 1. The number of unbranched alkanes of at least 4 members (excludes halogenated alkanes) is 1. The van der Waals surface area contributed by atoms with Crippen LogP contribution < -0.4 is 0 Å². The molecule has 2 aliphatic rings. The van der Waals surface area contributed by atoms with Crippen molar-refractivity contribution in [3.8, 4) is 0 Å². The zero-order valence-corrected chi connectivity index (χ0v) is 21.3. The van der Waals surface area contributed by atoms with Crippen LogP contribution >= 0.6 is 0 Å².